The van der Waals surface area contributed by atoms with Crippen LogP contribution in [0.15, 0.2) is 0 Å². The van der Waals surface area contributed by atoms with Gasteiger partial charge in [0.05, 0.1) is 23.9 Å². The van der Waals surface area contributed by atoms with Crippen molar-refractivity contribution in [2.24, 2.45) is 0 Å². The Bertz CT molecular complexity index is 139. The summed E-state index contributed by atoms with van der Waals surface area (Å²) in [6, 6.07) is 0. The molecular weight excluding hydrogens is 164 g/mol. The van der Waals surface area contributed by atoms with Gasteiger partial charge in [-0.1, -0.05) is 0 Å². The third kappa shape index (κ3) is 9.84. The van der Waals surface area contributed by atoms with E-state index in [4.69, 9.17) is 9.47 Å². The number of hydrogen-bond acceptors (Lipinski definition) is 2. The van der Waals surface area contributed by atoms with Gasteiger partial charge in [-0.2, -0.15) is 0 Å². The minimum Gasteiger partial charge on any atom is -0.373 e. The molecule has 0 aromatic rings. The highest BCUT2D eigenvalue weighted by Gasteiger charge is 2.17. The largest absolute Gasteiger partial charge is 0.373 e. The molecule has 1 atom stereocenters. The van der Waals surface area contributed by atoms with Crippen LogP contribution in [0.3, 0.4) is 0 Å². The Morgan fingerprint density at radius 1 is 0.923 bits per heavy atom. The Hall–Kier alpha value is -0.0800. The lowest BCUT2D eigenvalue weighted by Crippen LogP contribution is -2.31. The molecule has 0 aromatic carbocycles. The first-order valence-electron chi connectivity index (χ1n) is 4.92. The molecule has 0 aromatic heterocycles. The van der Waals surface area contributed by atoms with Crippen LogP contribution in [0.25, 0.3) is 0 Å². The van der Waals surface area contributed by atoms with Gasteiger partial charge in [-0.05, 0) is 48.5 Å². The van der Waals surface area contributed by atoms with E-state index >= 15 is 0 Å². The molecule has 0 amide bonds. The molecule has 0 aliphatic heterocycles. The summed E-state index contributed by atoms with van der Waals surface area (Å²) in [7, 11) is 0. The molecule has 0 rings (SSSR count). The molecule has 2 heteroatoms. The normalized spacial score (nSPS) is 15.9. The van der Waals surface area contributed by atoms with Crippen LogP contribution in [-0.2, 0) is 9.47 Å². The number of ether oxygens (including phenoxy) is 2. The van der Waals surface area contributed by atoms with Crippen LogP contribution >= 0.6 is 0 Å². The van der Waals surface area contributed by atoms with Crippen LogP contribution in [0.2, 0.25) is 0 Å². The first-order chi connectivity index (χ1) is 5.60. The molecule has 0 radical (unpaired) electrons. The maximum atomic E-state index is 5.71. The average Bonchev–Trinajstić information content (AvgIpc) is 1.78. The van der Waals surface area contributed by atoms with E-state index in [0.29, 0.717) is 6.61 Å². The summed E-state index contributed by atoms with van der Waals surface area (Å²) in [5, 5.41) is 0. The fraction of sp³-hybridized carbons (Fsp3) is 1.00. The van der Waals surface area contributed by atoms with E-state index in [2.05, 4.69) is 41.5 Å². The Balaban J connectivity index is 3.70. The minimum absolute atomic E-state index is 0.0739. The van der Waals surface area contributed by atoms with E-state index in [0.717, 1.165) is 0 Å². The van der Waals surface area contributed by atoms with Crippen molar-refractivity contribution in [1.82, 2.24) is 0 Å². The maximum Gasteiger partial charge on any atom is 0.0787 e. The van der Waals surface area contributed by atoms with Crippen molar-refractivity contribution in [2.45, 2.75) is 65.8 Å². The van der Waals surface area contributed by atoms with Crippen molar-refractivity contribution in [2.75, 3.05) is 6.61 Å². The molecule has 0 bridgehead atoms. The van der Waals surface area contributed by atoms with E-state index in [1.54, 1.807) is 0 Å². The van der Waals surface area contributed by atoms with Gasteiger partial charge in [-0.25, -0.2) is 0 Å². The van der Waals surface area contributed by atoms with Gasteiger partial charge in [-0.15, -0.1) is 0 Å². The topological polar surface area (TPSA) is 18.5 Å². The zero-order valence-electron chi connectivity index (χ0n) is 10.1. The molecule has 1 unspecified atom stereocenters. The molecule has 80 valence electrons. The second-order valence-electron chi connectivity index (χ2n) is 5.46. The molecule has 0 heterocycles. The minimum atomic E-state index is -0.0827. The lowest BCUT2D eigenvalue weighted by Gasteiger charge is -2.28. The number of hydrogen-bond donors (Lipinski definition) is 0. The van der Waals surface area contributed by atoms with E-state index in [9.17, 15) is 0 Å². The third-order valence-electron chi connectivity index (χ3n) is 1.31. The maximum absolute atomic E-state index is 5.71. The summed E-state index contributed by atoms with van der Waals surface area (Å²) >= 11 is 0. The fourth-order valence-corrected chi connectivity index (χ4v) is 1.00. The van der Waals surface area contributed by atoms with Crippen molar-refractivity contribution in [3.63, 3.8) is 0 Å². The quantitative estimate of drug-likeness (QED) is 0.678. The van der Waals surface area contributed by atoms with Crippen LogP contribution in [0.1, 0.15) is 48.5 Å². The molecule has 0 aliphatic rings. The molecule has 13 heavy (non-hydrogen) atoms. The lowest BCUT2D eigenvalue weighted by molar-refractivity contribution is -0.112. The molecule has 0 N–H and O–H groups in total. The van der Waals surface area contributed by atoms with Crippen LogP contribution in [-0.4, -0.2) is 23.9 Å². The Morgan fingerprint density at radius 2 is 1.38 bits per heavy atom. The standard InChI is InChI=1S/C11H24O2/c1-9(13-11(5,6)7)8-12-10(2,3)4/h9H,8H2,1-7H3. The summed E-state index contributed by atoms with van der Waals surface area (Å²) in [4.78, 5) is 0. The van der Waals surface area contributed by atoms with Gasteiger partial charge in [0.2, 0.25) is 0 Å². The van der Waals surface area contributed by atoms with Crippen molar-refractivity contribution < 1.29 is 9.47 Å². The first-order valence-corrected chi connectivity index (χ1v) is 4.92. The molecule has 0 saturated heterocycles. The molecule has 0 spiro atoms. The molecule has 0 fully saturated rings. The third-order valence-corrected chi connectivity index (χ3v) is 1.31. The van der Waals surface area contributed by atoms with Gasteiger partial charge in [-0.3, -0.25) is 0 Å². The predicted octanol–water partition coefficient (Wildman–Crippen LogP) is 3.01. The highest BCUT2D eigenvalue weighted by atomic mass is 16.6. The Morgan fingerprint density at radius 3 is 1.69 bits per heavy atom. The predicted molar refractivity (Wildman–Crippen MR) is 56.0 cm³/mol. The summed E-state index contributed by atoms with van der Waals surface area (Å²) in [5.74, 6) is 0. The molecule has 0 aliphatic carbocycles. The van der Waals surface area contributed by atoms with Crippen molar-refractivity contribution in [3.05, 3.63) is 0 Å². The Labute approximate surface area is 82.6 Å². The van der Waals surface area contributed by atoms with E-state index in [1.807, 2.05) is 6.92 Å². The Kier molecular flexibility index (Phi) is 4.40. The van der Waals surface area contributed by atoms with E-state index in [-0.39, 0.29) is 17.3 Å². The van der Waals surface area contributed by atoms with Gasteiger partial charge >= 0.3 is 0 Å². The van der Waals surface area contributed by atoms with E-state index < -0.39 is 0 Å². The van der Waals surface area contributed by atoms with E-state index in [1.165, 1.54) is 0 Å². The van der Waals surface area contributed by atoms with Gasteiger partial charge < -0.3 is 9.47 Å². The molecule has 2 nitrogen and oxygen atoms in total. The zero-order chi connectivity index (χ0) is 10.7. The monoisotopic (exact) mass is 188 g/mol. The summed E-state index contributed by atoms with van der Waals surface area (Å²) in [6.07, 6.45) is 0.152. The van der Waals surface area contributed by atoms with Gasteiger partial charge in [0, 0.05) is 0 Å². The van der Waals surface area contributed by atoms with Crippen LogP contribution in [0.4, 0.5) is 0 Å². The van der Waals surface area contributed by atoms with Crippen LogP contribution < -0.4 is 0 Å². The summed E-state index contributed by atoms with van der Waals surface area (Å²) in [6.45, 7) is 15.0. The highest BCUT2D eigenvalue weighted by Crippen LogP contribution is 2.13. The van der Waals surface area contributed by atoms with Crippen LogP contribution in [0, 0.1) is 0 Å². The zero-order valence-corrected chi connectivity index (χ0v) is 10.1. The van der Waals surface area contributed by atoms with Crippen LogP contribution in [0.5, 0.6) is 0 Å². The second-order valence-corrected chi connectivity index (χ2v) is 5.46. The SMILES string of the molecule is CC(COC(C)(C)C)OC(C)(C)C. The lowest BCUT2D eigenvalue weighted by atomic mass is 10.2. The summed E-state index contributed by atoms with van der Waals surface area (Å²) < 4.78 is 11.3. The smallest absolute Gasteiger partial charge is 0.0787 e. The molecule has 0 saturated carbocycles. The molecular formula is C11H24O2. The van der Waals surface area contributed by atoms with Gasteiger partial charge in [0.15, 0.2) is 0 Å². The van der Waals surface area contributed by atoms with Gasteiger partial charge in [0.25, 0.3) is 0 Å². The first kappa shape index (κ1) is 12.9. The van der Waals surface area contributed by atoms with Crippen molar-refractivity contribution >= 4 is 0 Å². The number of rotatable bonds is 3. The van der Waals surface area contributed by atoms with Crippen molar-refractivity contribution in [3.8, 4) is 0 Å². The second kappa shape index (κ2) is 4.43. The van der Waals surface area contributed by atoms with Crippen molar-refractivity contribution in [1.29, 1.82) is 0 Å². The summed E-state index contributed by atoms with van der Waals surface area (Å²) in [5.41, 5.74) is -0.157. The van der Waals surface area contributed by atoms with Gasteiger partial charge in [0.1, 0.15) is 0 Å². The average molecular weight is 188 g/mol. The highest BCUT2D eigenvalue weighted by molar-refractivity contribution is 4.65. The fourth-order valence-electron chi connectivity index (χ4n) is 1.00.